The molecule has 0 saturated carbocycles. The summed E-state index contributed by atoms with van der Waals surface area (Å²) in [5.41, 5.74) is 6.22. The number of aromatic amines is 1. The Hall–Kier alpha value is -1.54. The van der Waals surface area contributed by atoms with Gasteiger partial charge in [0.25, 0.3) is 0 Å². The average Bonchev–Trinajstić information content (AvgIpc) is 2.74. The summed E-state index contributed by atoms with van der Waals surface area (Å²) >= 11 is 3.46. The SMILES string of the molecule is Cc1cc(C)c2cc(-c3ccc(Br)cc3)[nH]c2c1. The van der Waals surface area contributed by atoms with Crippen LogP contribution in [0.5, 0.6) is 0 Å². The number of halogens is 1. The summed E-state index contributed by atoms with van der Waals surface area (Å²) in [5.74, 6) is 0. The van der Waals surface area contributed by atoms with E-state index in [0.717, 1.165) is 4.47 Å². The summed E-state index contributed by atoms with van der Waals surface area (Å²) < 4.78 is 1.11. The zero-order valence-electron chi connectivity index (χ0n) is 10.4. The summed E-state index contributed by atoms with van der Waals surface area (Å²) in [4.78, 5) is 3.50. The second-order valence-corrected chi connectivity index (χ2v) is 5.65. The molecule has 0 saturated heterocycles. The number of H-pyrrole nitrogens is 1. The fourth-order valence-electron chi connectivity index (χ4n) is 2.38. The van der Waals surface area contributed by atoms with E-state index >= 15 is 0 Å². The molecule has 0 bridgehead atoms. The third-order valence-corrected chi connectivity index (χ3v) is 3.77. The van der Waals surface area contributed by atoms with E-state index in [4.69, 9.17) is 0 Å². The zero-order chi connectivity index (χ0) is 12.7. The van der Waals surface area contributed by atoms with Crippen LogP contribution >= 0.6 is 15.9 Å². The van der Waals surface area contributed by atoms with Crippen molar-refractivity contribution in [3.05, 3.63) is 58.1 Å². The number of fused-ring (bicyclic) bond motifs is 1. The Kier molecular flexibility index (Phi) is 2.75. The minimum Gasteiger partial charge on any atom is -0.355 e. The van der Waals surface area contributed by atoms with E-state index in [9.17, 15) is 0 Å². The van der Waals surface area contributed by atoms with Crippen molar-refractivity contribution < 1.29 is 0 Å². The molecule has 1 nitrogen and oxygen atoms in total. The molecule has 0 amide bonds. The fraction of sp³-hybridized carbons (Fsp3) is 0.125. The van der Waals surface area contributed by atoms with Crippen LogP contribution in [0.2, 0.25) is 0 Å². The molecule has 0 radical (unpaired) electrons. The number of benzene rings is 2. The lowest BCUT2D eigenvalue weighted by molar-refractivity contribution is 1.40. The first-order chi connectivity index (χ1) is 8.63. The summed E-state index contributed by atoms with van der Waals surface area (Å²) in [6, 6.07) is 15.0. The van der Waals surface area contributed by atoms with Crippen molar-refractivity contribution in [3.63, 3.8) is 0 Å². The minimum absolute atomic E-state index is 1.11. The molecular weight excluding hydrogens is 286 g/mol. The van der Waals surface area contributed by atoms with Gasteiger partial charge in [0.05, 0.1) is 0 Å². The maximum absolute atomic E-state index is 3.50. The Balaban J connectivity index is 2.19. The van der Waals surface area contributed by atoms with E-state index in [1.807, 2.05) is 0 Å². The average molecular weight is 300 g/mol. The molecule has 0 spiro atoms. The van der Waals surface area contributed by atoms with Crippen LogP contribution in [0.25, 0.3) is 22.2 Å². The van der Waals surface area contributed by atoms with Crippen LogP contribution in [0, 0.1) is 13.8 Å². The first kappa shape index (κ1) is 11.5. The number of nitrogens with one attached hydrogen (secondary N) is 1. The summed E-state index contributed by atoms with van der Waals surface area (Å²) in [6.07, 6.45) is 0. The highest BCUT2D eigenvalue weighted by atomic mass is 79.9. The molecule has 0 aliphatic carbocycles. The van der Waals surface area contributed by atoms with Crippen LogP contribution in [0.15, 0.2) is 46.9 Å². The van der Waals surface area contributed by atoms with Crippen molar-refractivity contribution in [3.8, 4) is 11.3 Å². The Morgan fingerprint density at radius 2 is 1.67 bits per heavy atom. The lowest BCUT2D eigenvalue weighted by Gasteiger charge is -1.97. The predicted molar refractivity (Wildman–Crippen MR) is 80.9 cm³/mol. The van der Waals surface area contributed by atoms with Gasteiger partial charge in [0, 0.05) is 21.1 Å². The highest BCUT2D eigenvalue weighted by molar-refractivity contribution is 9.10. The molecule has 0 aliphatic heterocycles. The highest BCUT2D eigenvalue weighted by Crippen LogP contribution is 2.28. The van der Waals surface area contributed by atoms with E-state index in [2.05, 4.69) is 77.2 Å². The van der Waals surface area contributed by atoms with E-state index < -0.39 is 0 Å². The van der Waals surface area contributed by atoms with E-state index in [1.165, 1.54) is 33.3 Å². The number of hydrogen-bond donors (Lipinski definition) is 1. The maximum Gasteiger partial charge on any atom is 0.0464 e. The molecule has 3 rings (SSSR count). The third kappa shape index (κ3) is 1.97. The standard InChI is InChI=1S/C16H14BrN/c1-10-7-11(2)14-9-15(18-16(14)8-10)12-3-5-13(17)6-4-12/h3-9,18H,1-2H3. The number of hydrogen-bond acceptors (Lipinski definition) is 0. The maximum atomic E-state index is 3.50. The van der Waals surface area contributed by atoms with Crippen LogP contribution in [-0.4, -0.2) is 4.98 Å². The van der Waals surface area contributed by atoms with Crippen LogP contribution < -0.4 is 0 Å². The molecule has 0 unspecified atom stereocenters. The van der Waals surface area contributed by atoms with Crippen molar-refractivity contribution in [1.29, 1.82) is 0 Å². The second-order valence-electron chi connectivity index (χ2n) is 4.73. The smallest absolute Gasteiger partial charge is 0.0464 e. The Morgan fingerprint density at radius 3 is 2.39 bits per heavy atom. The van der Waals surface area contributed by atoms with Gasteiger partial charge in [-0.3, -0.25) is 0 Å². The van der Waals surface area contributed by atoms with E-state index in [-0.39, 0.29) is 0 Å². The van der Waals surface area contributed by atoms with Gasteiger partial charge in [-0.05, 0) is 54.8 Å². The summed E-state index contributed by atoms with van der Waals surface area (Å²) in [7, 11) is 0. The third-order valence-electron chi connectivity index (χ3n) is 3.24. The molecule has 1 N–H and O–H groups in total. The number of rotatable bonds is 1. The molecular formula is C16H14BrN. The van der Waals surface area contributed by atoms with Crippen LogP contribution in [0.3, 0.4) is 0 Å². The van der Waals surface area contributed by atoms with Crippen molar-refractivity contribution in [1.82, 2.24) is 4.98 Å². The molecule has 1 heterocycles. The van der Waals surface area contributed by atoms with Gasteiger partial charge in [0.15, 0.2) is 0 Å². The highest BCUT2D eigenvalue weighted by Gasteiger charge is 2.05. The van der Waals surface area contributed by atoms with Gasteiger partial charge in [-0.15, -0.1) is 0 Å². The lowest BCUT2D eigenvalue weighted by Crippen LogP contribution is -1.78. The van der Waals surface area contributed by atoms with Crippen molar-refractivity contribution >= 4 is 26.8 Å². The Bertz CT molecular complexity index is 708. The first-order valence-electron chi connectivity index (χ1n) is 5.99. The Labute approximate surface area is 115 Å². The topological polar surface area (TPSA) is 15.8 Å². The second kappa shape index (κ2) is 4.29. The minimum atomic E-state index is 1.11. The Morgan fingerprint density at radius 1 is 0.944 bits per heavy atom. The molecule has 3 aromatic rings. The summed E-state index contributed by atoms with van der Waals surface area (Å²) in [5, 5.41) is 1.30. The molecule has 2 aromatic carbocycles. The number of aromatic nitrogens is 1. The normalized spacial score (nSPS) is 11.1. The van der Waals surface area contributed by atoms with Crippen LogP contribution in [-0.2, 0) is 0 Å². The monoisotopic (exact) mass is 299 g/mol. The molecule has 1 aromatic heterocycles. The fourth-order valence-corrected chi connectivity index (χ4v) is 2.65. The van der Waals surface area contributed by atoms with E-state index in [1.54, 1.807) is 0 Å². The van der Waals surface area contributed by atoms with Gasteiger partial charge < -0.3 is 4.98 Å². The van der Waals surface area contributed by atoms with Gasteiger partial charge in [0.2, 0.25) is 0 Å². The molecule has 0 atom stereocenters. The van der Waals surface area contributed by atoms with Crippen molar-refractivity contribution in [2.75, 3.05) is 0 Å². The molecule has 0 fully saturated rings. The van der Waals surface area contributed by atoms with E-state index in [0.29, 0.717) is 0 Å². The van der Waals surface area contributed by atoms with Crippen LogP contribution in [0.1, 0.15) is 11.1 Å². The van der Waals surface area contributed by atoms with Gasteiger partial charge in [-0.2, -0.15) is 0 Å². The van der Waals surface area contributed by atoms with Crippen molar-refractivity contribution in [2.24, 2.45) is 0 Å². The van der Waals surface area contributed by atoms with Crippen molar-refractivity contribution in [2.45, 2.75) is 13.8 Å². The molecule has 0 aliphatic rings. The number of aryl methyl sites for hydroxylation is 2. The quantitative estimate of drug-likeness (QED) is 0.634. The largest absolute Gasteiger partial charge is 0.355 e. The first-order valence-corrected chi connectivity index (χ1v) is 6.79. The zero-order valence-corrected chi connectivity index (χ0v) is 12.0. The molecule has 2 heteroatoms. The summed E-state index contributed by atoms with van der Waals surface area (Å²) in [6.45, 7) is 4.29. The molecule has 18 heavy (non-hydrogen) atoms. The lowest BCUT2D eigenvalue weighted by atomic mass is 10.1. The predicted octanol–water partition coefficient (Wildman–Crippen LogP) is 5.21. The molecule has 90 valence electrons. The van der Waals surface area contributed by atoms with Gasteiger partial charge in [0.1, 0.15) is 0 Å². The van der Waals surface area contributed by atoms with Gasteiger partial charge in [-0.1, -0.05) is 34.1 Å². The van der Waals surface area contributed by atoms with Crippen LogP contribution in [0.4, 0.5) is 0 Å². The van der Waals surface area contributed by atoms with Gasteiger partial charge in [-0.25, -0.2) is 0 Å². The van der Waals surface area contributed by atoms with Gasteiger partial charge >= 0.3 is 0 Å².